The summed E-state index contributed by atoms with van der Waals surface area (Å²) >= 11 is 0. The van der Waals surface area contributed by atoms with E-state index in [9.17, 15) is 4.79 Å². The first-order chi connectivity index (χ1) is 8.79. The fourth-order valence-electron chi connectivity index (χ4n) is 1.41. The van der Waals surface area contributed by atoms with E-state index in [4.69, 9.17) is 5.53 Å². The number of amides is 1. The van der Waals surface area contributed by atoms with Crippen LogP contribution in [0.15, 0.2) is 29.4 Å². The molecule has 1 aliphatic rings. The van der Waals surface area contributed by atoms with Crippen molar-refractivity contribution in [1.82, 2.24) is 5.32 Å². The normalized spacial score (nSPS) is 12.9. The number of nitrogens with zero attached hydrogens (tertiary/aromatic N) is 3. The van der Waals surface area contributed by atoms with E-state index in [1.807, 2.05) is 0 Å². The molecule has 18 heavy (non-hydrogen) atoms. The Hall–Kier alpha value is -2.44. The van der Waals surface area contributed by atoms with Gasteiger partial charge in [0.15, 0.2) is 0 Å². The average molecular weight is 240 g/mol. The zero-order valence-electron chi connectivity index (χ0n) is 9.76. The van der Waals surface area contributed by atoms with Crippen molar-refractivity contribution in [2.45, 2.75) is 18.9 Å². The fraction of sp³-hybridized carbons (Fsp3) is 0.308. The van der Waals surface area contributed by atoms with Gasteiger partial charge in [-0.15, -0.1) is 0 Å². The van der Waals surface area contributed by atoms with E-state index < -0.39 is 0 Å². The summed E-state index contributed by atoms with van der Waals surface area (Å²) < 4.78 is 0. The highest BCUT2D eigenvalue weighted by atomic mass is 16.1. The molecule has 0 heterocycles. The van der Waals surface area contributed by atoms with Crippen LogP contribution in [-0.2, 0) is 0 Å². The quantitative estimate of drug-likeness (QED) is 0.374. The topological polar surface area (TPSA) is 77.9 Å². The molecule has 1 aromatic rings. The van der Waals surface area contributed by atoms with Gasteiger partial charge >= 0.3 is 0 Å². The molecule has 1 aromatic carbocycles. The molecule has 2 rings (SSSR count). The van der Waals surface area contributed by atoms with Gasteiger partial charge in [0.05, 0.1) is 6.54 Å². The molecule has 1 amide bonds. The first kappa shape index (κ1) is 12.0. The van der Waals surface area contributed by atoms with E-state index in [0.717, 1.165) is 18.4 Å². The van der Waals surface area contributed by atoms with E-state index in [2.05, 4.69) is 27.2 Å². The van der Waals surface area contributed by atoms with Crippen molar-refractivity contribution >= 4 is 5.91 Å². The molecule has 0 spiro atoms. The Morgan fingerprint density at radius 3 is 2.78 bits per heavy atom. The molecule has 1 saturated carbocycles. The van der Waals surface area contributed by atoms with E-state index in [-0.39, 0.29) is 12.5 Å². The molecule has 1 fully saturated rings. The smallest absolute Gasteiger partial charge is 0.251 e. The molecule has 1 N–H and O–H groups in total. The van der Waals surface area contributed by atoms with Crippen LogP contribution in [0.2, 0.25) is 0 Å². The van der Waals surface area contributed by atoms with Gasteiger partial charge < -0.3 is 5.32 Å². The van der Waals surface area contributed by atoms with Crippen molar-refractivity contribution < 1.29 is 4.79 Å². The van der Waals surface area contributed by atoms with Crippen LogP contribution in [0.5, 0.6) is 0 Å². The van der Waals surface area contributed by atoms with Crippen LogP contribution in [0.25, 0.3) is 10.4 Å². The molecule has 0 aliphatic heterocycles. The van der Waals surface area contributed by atoms with Crippen LogP contribution in [0.3, 0.4) is 0 Å². The lowest BCUT2D eigenvalue weighted by Crippen LogP contribution is -2.25. The summed E-state index contributed by atoms with van der Waals surface area (Å²) in [4.78, 5) is 14.3. The molecule has 5 heteroatoms. The third-order valence-corrected chi connectivity index (χ3v) is 2.51. The van der Waals surface area contributed by atoms with Crippen LogP contribution in [0.4, 0.5) is 0 Å². The van der Waals surface area contributed by atoms with E-state index in [1.165, 1.54) is 0 Å². The molecule has 0 aromatic heterocycles. The summed E-state index contributed by atoms with van der Waals surface area (Å²) in [5, 5.41) is 6.23. The summed E-state index contributed by atoms with van der Waals surface area (Å²) in [6.07, 6.45) is 2.16. The Bertz CT molecular complexity index is 543. The number of carbonyl (C=O) groups excluding carboxylic acids is 1. The number of azide groups is 1. The highest BCUT2D eigenvalue weighted by molar-refractivity contribution is 5.94. The molecule has 5 nitrogen and oxygen atoms in total. The zero-order valence-corrected chi connectivity index (χ0v) is 9.76. The molecule has 0 radical (unpaired) electrons. The number of benzene rings is 1. The first-order valence-electron chi connectivity index (χ1n) is 5.70. The van der Waals surface area contributed by atoms with Gasteiger partial charge in [-0.3, -0.25) is 4.79 Å². The van der Waals surface area contributed by atoms with Crippen molar-refractivity contribution in [3.63, 3.8) is 0 Å². The van der Waals surface area contributed by atoms with Crippen molar-refractivity contribution in [2.75, 3.05) is 6.54 Å². The summed E-state index contributed by atoms with van der Waals surface area (Å²) in [6.45, 7) is 0.153. The van der Waals surface area contributed by atoms with E-state index in [0.29, 0.717) is 11.6 Å². The third-order valence-electron chi connectivity index (χ3n) is 2.51. The Morgan fingerprint density at radius 1 is 1.44 bits per heavy atom. The summed E-state index contributed by atoms with van der Waals surface area (Å²) in [7, 11) is 0. The van der Waals surface area contributed by atoms with Crippen molar-refractivity contribution in [3.05, 3.63) is 45.8 Å². The van der Waals surface area contributed by atoms with Gasteiger partial charge in [-0.25, -0.2) is 0 Å². The van der Waals surface area contributed by atoms with Crippen LogP contribution in [-0.4, -0.2) is 18.5 Å². The Labute approximate surface area is 105 Å². The van der Waals surface area contributed by atoms with Crippen LogP contribution in [0.1, 0.15) is 28.8 Å². The number of hydrogen-bond donors (Lipinski definition) is 1. The molecule has 0 atom stereocenters. The van der Waals surface area contributed by atoms with Crippen LogP contribution in [0, 0.1) is 11.8 Å². The van der Waals surface area contributed by atoms with Crippen molar-refractivity contribution in [1.29, 1.82) is 0 Å². The number of carbonyl (C=O) groups is 1. The third kappa shape index (κ3) is 3.55. The molecule has 0 bridgehead atoms. The monoisotopic (exact) mass is 240 g/mol. The predicted octanol–water partition coefficient (Wildman–Crippen LogP) is 2.24. The Kier molecular flexibility index (Phi) is 3.85. The largest absolute Gasteiger partial charge is 0.349 e. The van der Waals surface area contributed by atoms with Crippen LogP contribution < -0.4 is 5.32 Å². The Balaban J connectivity index is 1.97. The van der Waals surface area contributed by atoms with Gasteiger partial charge in [0.1, 0.15) is 0 Å². The minimum atomic E-state index is -0.0360. The van der Waals surface area contributed by atoms with Gasteiger partial charge in [0.2, 0.25) is 0 Å². The predicted molar refractivity (Wildman–Crippen MR) is 67.8 cm³/mol. The molecule has 0 unspecified atom stereocenters. The second kappa shape index (κ2) is 5.76. The maximum absolute atomic E-state index is 11.7. The van der Waals surface area contributed by atoms with Gasteiger partial charge in [0.25, 0.3) is 5.91 Å². The van der Waals surface area contributed by atoms with Crippen molar-refractivity contribution in [3.8, 4) is 11.8 Å². The molecular weight excluding hydrogens is 228 g/mol. The summed E-state index contributed by atoms with van der Waals surface area (Å²) in [5.41, 5.74) is 9.52. The SMILES string of the molecule is [N-]=[N+]=NCC#Cc1ccc(C(=O)NC2CC2)cc1. The summed E-state index contributed by atoms with van der Waals surface area (Å²) in [6, 6.07) is 7.42. The number of nitrogens with one attached hydrogen (secondary N) is 1. The van der Waals surface area contributed by atoms with Gasteiger partial charge in [-0.1, -0.05) is 17.0 Å². The van der Waals surface area contributed by atoms with Gasteiger partial charge in [-0.05, 0) is 42.6 Å². The first-order valence-corrected chi connectivity index (χ1v) is 5.70. The lowest BCUT2D eigenvalue weighted by atomic mass is 10.1. The molecule has 0 saturated heterocycles. The second-order valence-electron chi connectivity index (χ2n) is 4.02. The zero-order chi connectivity index (χ0) is 12.8. The molecule has 90 valence electrons. The highest BCUT2D eigenvalue weighted by Gasteiger charge is 2.23. The fourth-order valence-corrected chi connectivity index (χ4v) is 1.41. The average Bonchev–Trinajstić information content (AvgIpc) is 3.19. The van der Waals surface area contributed by atoms with E-state index >= 15 is 0 Å². The van der Waals surface area contributed by atoms with Gasteiger partial charge in [0, 0.05) is 22.1 Å². The minimum Gasteiger partial charge on any atom is -0.349 e. The maximum Gasteiger partial charge on any atom is 0.251 e. The number of rotatable bonds is 3. The second-order valence-corrected chi connectivity index (χ2v) is 4.02. The lowest BCUT2D eigenvalue weighted by molar-refractivity contribution is 0.0951. The van der Waals surface area contributed by atoms with Gasteiger partial charge in [-0.2, -0.15) is 0 Å². The Morgan fingerprint density at radius 2 is 2.17 bits per heavy atom. The maximum atomic E-state index is 11.7. The lowest BCUT2D eigenvalue weighted by Gasteiger charge is -2.02. The molecular formula is C13H12N4O. The van der Waals surface area contributed by atoms with Crippen LogP contribution >= 0.6 is 0 Å². The summed E-state index contributed by atoms with van der Waals surface area (Å²) in [5.74, 6) is 5.54. The van der Waals surface area contributed by atoms with Crippen molar-refractivity contribution in [2.24, 2.45) is 5.11 Å². The highest BCUT2D eigenvalue weighted by Crippen LogP contribution is 2.19. The van der Waals surface area contributed by atoms with E-state index in [1.54, 1.807) is 24.3 Å². The minimum absolute atomic E-state index is 0.0360. The molecule has 1 aliphatic carbocycles. The number of hydrogen-bond acceptors (Lipinski definition) is 2. The standard InChI is InChI=1S/C13H12N4O/c14-17-15-9-1-2-10-3-5-11(6-4-10)13(18)16-12-7-8-12/h3-6,12H,7-9H2,(H,16,18).